The van der Waals surface area contributed by atoms with Gasteiger partial charge in [0.05, 0.1) is 16.4 Å². The van der Waals surface area contributed by atoms with Crippen LogP contribution in [0.15, 0.2) is 18.2 Å². The number of carbonyl (C=O) groups excluding carboxylic acids is 2. The largest absolute Gasteiger partial charge is 0.452 e. The number of hydrogen-bond acceptors (Lipinski definition) is 7. The van der Waals surface area contributed by atoms with Gasteiger partial charge in [-0.3, -0.25) is 14.9 Å². The van der Waals surface area contributed by atoms with Crippen molar-refractivity contribution in [3.8, 4) is 0 Å². The number of para-hydroxylation sites is 1. The SMILES string of the molecule is Cc1cccc(C(=O)OCC(=O)N(C2CC2)[C@H]2CCS(=O)(=O)C2)c1[N+](=O)[O-]. The van der Waals surface area contributed by atoms with Gasteiger partial charge in [-0.1, -0.05) is 12.1 Å². The Kier molecular flexibility index (Phi) is 5.18. The van der Waals surface area contributed by atoms with Crippen LogP contribution < -0.4 is 0 Å². The minimum Gasteiger partial charge on any atom is -0.452 e. The van der Waals surface area contributed by atoms with E-state index in [1.807, 2.05) is 0 Å². The van der Waals surface area contributed by atoms with Crippen LogP contribution in [0.1, 0.15) is 35.2 Å². The number of carbonyl (C=O) groups is 2. The van der Waals surface area contributed by atoms with Gasteiger partial charge in [0.1, 0.15) is 5.56 Å². The number of nitro benzene ring substituents is 1. The van der Waals surface area contributed by atoms with E-state index in [1.165, 1.54) is 30.0 Å². The summed E-state index contributed by atoms with van der Waals surface area (Å²) in [6.45, 7) is 0.937. The fraction of sp³-hybridized carbons (Fsp3) is 0.529. The number of aryl methyl sites for hydroxylation is 1. The second-order valence-electron chi connectivity index (χ2n) is 6.89. The molecule has 0 aromatic heterocycles. The van der Waals surface area contributed by atoms with Gasteiger partial charge in [-0.05, 0) is 32.3 Å². The van der Waals surface area contributed by atoms with E-state index in [2.05, 4.69) is 0 Å². The summed E-state index contributed by atoms with van der Waals surface area (Å²) in [5, 5.41) is 11.2. The molecular weight excluding hydrogens is 376 g/mol. The van der Waals surface area contributed by atoms with Gasteiger partial charge in [-0.2, -0.15) is 0 Å². The van der Waals surface area contributed by atoms with Crippen molar-refractivity contribution in [2.75, 3.05) is 18.1 Å². The number of benzene rings is 1. The van der Waals surface area contributed by atoms with E-state index in [9.17, 15) is 28.1 Å². The van der Waals surface area contributed by atoms with Crippen LogP contribution in [0.25, 0.3) is 0 Å². The molecule has 1 aliphatic carbocycles. The zero-order valence-electron chi connectivity index (χ0n) is 14.8. The molecule has 0 spiro atoms. The zero-order chi connectivity index (χ0) is 19.8. The molecule has 9 nitrogen and oxygen atoms in total. The van der Waals surface area contributed by atoms with Gasteiger partial charge < -0.3 is 9.64 Å². The third kappa shape index (κ3) is 4.26. The average Bonchev–Trinajstić information content (AvgIpc) is 3.35. The molecule has 27 heavy (non-hydrogen) atoms. The fourth-order valence-electron chi connectivity index (χ4n) is 3.40. The molecule has 1 saturated heterocycles. The minimum atomic E-state index is -3.15. The van der Waals surface area contributed by atoms with Gasteiger partial charge in [0.25, 0.3) is 11.6 Å². The number of sulfone groups is 1. The number of amides is 1. The quantitative estimate of drug-likeness (QED) is 0.402. The molecule has 1 saturated carbocycles. The first kappa shape index (κ1) is 19.3. The van der Waals surface area contributed by atoms with Crippen molar-refractivity contribution in [2.24, 2.45) is 0 Å². The third-order valence-corrected chi connectivity index (χ3v) is 6.55. The Balaban J connectivity index is 1.69. The molecule has 1 heterocycles. The molecule has 1 aliphatic heterocycles. The molecule has 1 atom stereocenters. The van der Waals surface area contributed by atoms with Gasteiger partial charge in [-0.15, -0.1) is 0 Å². The molecule has 0 unspecified atom stereocenters. The number of ether oxygens (including phenoxy) is 1. The van der Waals surface area contributed by atoms with Gasteiger partial charge in [0.15, 0.2) is 16.4 Å². The maximum atomic E-state index is 12.6. The van der Waals surface area contributed by atoms with Crippen molar-refractivity contribution in [2.45, 2.75) is 38.3 Å². The normalized spacial score (nSPS) is 20.9. The molecule has 0 bridgehead atoms. The highest BCUT2D eigenvalue weighted by Crippen LogP contribution is 2.32. The van der Waals surface area contributed by atoms with Crippen molar-refractivity contribution in [3.05, 3.63) is 39.4 Å². The third-order valence-electron chi connectivity index (χ3n) is 4.80. The van der Waals surface area contributed by atoms with Crippen molar-refractivity contribution in [1.82, 2.24) is 4.90 Å². The van der Waals surface area contributed by atoms with E-state index >= 15 is 0 Å². The van der Waals surface area contributed by atoms with Gasteiger partial charge in [0.2, 0.25) is 0 Å². The first-order chi connectivity index (χ1) is 12.7. The molecule has 2 fully saturated rings. The predicted octanol–water partition coefficient (Wildman–Crippen LogP) is 1.24. The van der Waals surface area contributed by atoms with Crippen molar-refractivity contribution < 1.29 is 27.7 Å². The molecule has 1 aromatic rings. The van der Waals surface area contributed by atoms with Crippen molar-refractivity contribution >= 4 is 27.4 Å². The molecule has 10 heteroatoms. The summed E-state index contributed by atoms with van der Waals surface area (Å²) < 4.78 is 28.4. The standard InChI is InChI=1S/C17H20N2O7S/c1-11-3-2-4-14(16(11)19(22)23)17(21)26-9-15(20)18(12-5-6-12)13-7-8-27(24,25)10-13/h2-4,12-13H,5-10H2,1H3/t13-/m0/s1. The van der Waals surface area contributed by atoms with Crippen LogP contribution in [0.4, 0.5) is 5.69 Å². The number of nitro groups is 1. The summed E-state index contributed by atoms with van der Waals surface area (Å²) in [4.78, 5) is 36.9. The van der Waals surface area contributed by atoms with E-state index in [-0.39, 0.29) is 28.8 Å². The Morgan fingerprint density at radius 3 is 2.52 bits per heavy atom. The fourth-order valence-corrected chi connectivity index (χ4v) is 5.11. The Bertz CT molecular complexity index is 893. The predicted molar refractivity (Wildman–Crippen MR) is 95.0 cm³/mol. The minimum absolute atomic E-state index is 0.0252. The van der Waals surface area contributed by atoms with Crippen LogP contribution in [-0.4, -0.2) is 60.3 Å². The van der Waals surface area contributed by atoms with Gasteiger partial charge in [0, 0.05) is 17.6 Å². The molecular formula is C17H20N2O7S. The molecule has 2 aliphatic rings. The van der Waals surface area contributed by atoms with Gasteiger partial charge in [-0.25, -0.2) is 13.2 Å². The topological polar surface area (TPSA) is 124 Å². The lowest BCUT2D eigenvalue weighted by Crippen LogP contribution is -2.44. The van der Waals surface area contributed by atoms with Crippen LogP contribution in [-0.2, 0) is 19.4 Å². The summed E-state index contributed by atoms with van der Waals surface area (Å²) >= 11 is 0. The zero-order valence-corrected chi connectivity index (χ0v) is 15.6. The average molecular weight is 396 g/mol. The van der Waals surface area contributed by atoms with Crippen LogP contribution in [0, 0.1) is 17.0 Å². The molecule has 146 valence electrons. The summed E-state index contributed by atoms with van der Waals surface area (Å²) in [5.41, 5.74) is -0.248. The smallest absolute Gasteiger partial charge is 0.345 e. The highest BCUT2D eigenvalue weighted by molar-refractivity contribution is 7.91. The molecule has 0 N–H and O–H groups in total. The Morgan fingerprint density at radius 2 is 1.96 bits per heavy atom. The maximum absolute atomic E-state index is 12.6. The Hall–Kier alpha value is -2.49. The highest BCUT2D eigenvalue weighted by atomic mass is 32.2. The lowest BCUT2D eigenvalue weighted by atomic mass is 10.1. The van der Waals surface area contributed by atoms with E-state index in [0.717, 1.165) is 12.8 Å². The molecule has 0 radical (unpaired) electrons. The first-order valence-corrected chi connectivity index (χ1v) is 10.4. The van der Waals surface area contributed by atoms with Crippen LogP contribution in [0.5, 0.6) is 0 Å². The molecule has 3 rings (SSSR count). The second kappa shape index (κ2) is 7.26. The van der Waals surface area contributed by atoms with E-state index in [0.29, 0.717) is 12.0 Å². The van der Waals surface area contributed by atoms with Crippen LogP contribution in [0.3, 0.4) is 0 Å². The number of hydrogen-bond donors (Lipinski definition) is 0. The highest BCUT2D eigenvalue weighted by Gasteiger charge is 2.42. The maximum Gasteiger partial charge on any atom is 0.345 e. The van der Waals surface area contributed by atoms with Crippen molar-refractivity contribution in [3.63, 3.8) is 0 Å². The molecule has 1 amide bonds. The Morgan fingerprint density at radius 1 is 1.26 bits per heavy atom. The number of rotatable bonds is 6. The monoisotopic (exact) mass is 396 g/mol. The van der Waals surface area contributed by atoms with Crippen molar-refractivity contribution in [1.29, 1.82) is 0 Å². The number of esters is 1. The molecule has 1 aromatic carbocycles. The second-order valence-corrected chi connectivity index (χ2v) is 9.12. The summed E-state index contributed by atoms with van der Waals surface area (Å²) in [6.07, 6.45) is 1.96. The van der Waals surface area contributed by atoms with Crippen LogP contribution >= 0.6 is 0 Å². The van der Waals surface area contributed by atoms with Crippen LogP contribution in [0.2, 0.25) is 0 Å². The van der Waals surface area contributed by atoms with E-state index in [4.69, 9.17) is 4.74 Å². The summed E-state index contributed by atoms with van der Waals surface area (Å²) in [5.74, 6) is -1.45. The number of nitrogens with zero attached hydrogens (tertiary/aromatic N) is 2. The summed E-state index contributed by atoms with van der Waals surface area (Å²) in [7, 11) is -3.15. The first-order valence-electron chi connectivity index (χ1n) is 8.62. The van der Waals surface area contributed by atoms with E-state index in [1.54, 1.807) is 0 Å². The lowest BCUT2D eigenvalue weighted by molar-refractivity contribution is -0.385. The van der Waals surface area contributed by atoms with E-state index < -0.39 is 39.3 Å². The summed E-state index contributed by atoms with van der Waals surface area (Å²) in [6, 6.07) is 3.86. The Labute approximate surface area is 156 Å². The lowest BCUT2D eigenvalue weighted by Gasteiger charge is -2.28. The van der Waals surface area contributed by atoms with Gasteiger partial charge >= 0.3 is 5.97 Å².